The van der Waals surface area contributed by atoms with Crippen molar-refractivity contribution >= 4 is 43.3 Å². The molecule has 1 fully saturated rings. The number of amides is 2. The molecule has 3 N–H and O–H groups in total. The van der Waals surface area contributed by atoms with Crippen LogP contribution in [0.4, 0.5) is 5.69 Å². The zero-order valence-corrected chi connectivity index (χ0v) is 16.2. The molecule has 0 aliphatic heterocycles. The minimum absolute atomic E-state index is 0.0411. The van der Waals surface area contributed by atoms with E-state index in [0.717, 1.165) is 25.5 Å². The number of carbonyl (C=O) groups excluding carboxylic acids is 2. The fraction of sp³-hybridized carbons (Fsp3) is 0.500. The maximum Gasteiger partial charge on any atom is 0.313 e. The minimum Gasteiger partial charge on any atom is -0.396 e. The summed E-state index contributed by atoms with van der Waals surface area (Å²) in [6, 6.07) is 4.07. The van der Waals surface area contributed by atoms with Crippen LogP contribution in [0.5, 0.6) is 0 Å². The molecular formula is C16H21BrN2O5S. The first-order chi connectivity index (χ1) is 11.7. The van der Waals surface area contributed by atoms with Crippen LogP contribution in [0.25, 0.3) is 0 Å². The largest absolute Gasteiger partial charge is 0.396 e. The van der Waals surface area contributed by atoms with Gasteiger partial charge in [0.15, 0.2) is 9.84 Å². The summed E-state index contributed by atoms with van der Waals surface area (Å²) in [7, 11) is -3.56. The van der Waals surface area contributed by atoms with Gasteiger partial charge in [-0.2, -0.15) is 0 Å². The molecule has 0 heterocycles. The molecule has 0 spiro atoms. The number of nitrogens with one attached hydrogen (secondary N) is 2. The Morgan fingerprint density at radius 2 is 1.92 bits per heavy atom. The van der Waals surface area contributed by atoms with E-state index < -0.39 is 21.7 Å². The summed E-state index contributed by atoms with van der Waals surface area (Å²) in [5.74, 6) is -1.85. The van der Waals surface area contributed by atoms with Crippen LogP contribution in [0.3, 0.4) is 0 Å². The Bertz CT molecular complexity index is 766. The lowest BCUT2D eigenvalue weighted by Crippen LogP contribution is -2.47. The molecule has 0 unspecified atom stereocenters. The summed E-state index contributed by atoms with van der Waals surface area (Å²) >= 11 is 3.21. The molecule has 2 rings (SSSR count). The summed E-state index contributed by atoms with van der Waals surface area (Å²) < 4.78 is 24.2. The number of anilines is 1. The zero-order valence-electron chi connectivity index (χ0n) is 13.8. The van der Waals surface area contributed by atoms with Gasteiger partial charge < -0.3 is 15.7 Å². The topological polar surface area (TPSA) is 113 Å². The second kappa shape index (κ2) is 8.29. The van der Waals surface area contributed by atoms with E-state index in [2.05, 4.69) is 26.6 Å². The Kier molecular flexibility index (Phi) is 6.59. The fourth-order valence-corrected chi connectivity index (χ4v) is 4.14. The van der Waals surface area contributed by atoms with Crippen LogP contribution in [-0.2, 0) is 19.4 Å². The molecule has 0 bridgehead atoms. The molecule has 1 aliphatic carbocycles. The van der Waals surface area contributed by atoms with Gasteiger partial charge in [-0.3, -0.25) is 9.59 Å². The summed E-state index contributed by atoms with van der Waals surface area (Å²) in [5, 5.41) is 14.4. The lowest BCUT2D eigenvalue weighted by atomic mass is 9.85. The van der Waals surface area contributed by atoms with Crippen molar-refractivity contribution in [3.63, 3.8) is 0 Å². The maximum absolute atomic E-state index is 12.2. The third-order valence-corrected chi connectivity index (χ3v) is 5.90. The standard InChI is InChI=1S/C16H21BrN2O5S/c1-25(23,24)14-7-6-11(17)8-13(14)19-16(22)15(21)18-12-5-3-2-4-10(12)9-20/h6-8,10,12,20H,2-5,9H2,1H3,(H,18,21)(H,19,22)/t10-,12-/m1/s1. The van der Waals surface area contributed by atoms with Gasteiger partial charge in [-0.05, 0) is 31.0 Å². The van der Waals surface area contributed by atoms with Crippen LogP contribution in [0.2, 0.25) is 0 Å². The monoisotopic (exact) mass is 432 g/mol. The number of rotatable bonds is 4. The summed E-state index contributed by atoms with van der Waals surface area (Å²) in [4.78, 5) is 24.3. The number of aliphatic hydroxyl groups excluding tert-OH is 1. The van der Waals surface area contributed by atoms with Gasteiger partial charge in [0.2, 0.25) is 0 Å². The summed E-state index contributed by atoms with van der Waals surface area (Å²) in [6.45, 7) is -0.0452. The van der Waals surface area contributed by atoms with E-state index in [1.54, 1.807) is 6.07 Å². The molecule has 1 aromatic carbocycles. The Morgan fingerprint density at radius 1 is 1.24 bits per heavy atom. The Hall–Kier alpha value is -1.45. The van der Waals surface area contributed by atoms with E-state index in [1.165, 1.54) is 12.1 Å². The van der Waals surface area contributed by atoms with Crippen LogP contribution in [0.15, 0.2) is 27.6 Å². The number of halogens is 1. The van der Waals surface area contributed by atoms with E-state index in [0.29, 0.717) is 10.9 Å². The van der Waals surface area contributed by atoms with E-state index in [1.807, 2.05) is 0 Å². The highest BCUT2D eigenvalue weighted by Crippen LogP contribution is 2.26. The average molecular weight is 433 g/mol. The quantitative estimate of drug-likeness (QED) is 0.623. The molecule has 25 heavy (non-hydrogen) atoms. The van der Waals surface area contributed by atoms with Crippen LogP contribution < -0.4 is 10.6 Å². The second-order valence-electron chi connectivity index (χ2n) is 6.17. The van der Waals surface area contributed by atoms with Crippen molar-refractivity contribution in [1.82, 2.24) is 5.32 Å². The molecule has 138 valence electrons. The minimum atomic E-state index is -3.56. The molecule has 2 amide bonds. The van der Waals surface area contributed by atoms with Gasteiger partial charge in [-0.1, -0.05) is 28.8 Å². The van der Waals surface area contributed by atoms with Crippen LogP contribution in [0.1, 0.15) is 25.7 Å². The van der Waals surface area contributed by atoms with Crippen molar-refractivity contribution in [2.75, 3.05) is 18.2 Å². The van der Waals surface area contributed by atoms with E-state index in [9.17, 15) is 23.1 Å². The highest BCUT2D eigenvalue weighted by atomic mass is 79.9. The molecule has 1 saturated carbocycles. The second-order valence-corrected chi connectivity index (χ2v) is 9.07. The molecule has 1 aromatic rings. The highest BCUT2D eigenvalue weighted by molar-refractivity contribution is 9.10. The number of aliphatic hydroxyl groups is 1. The van der Waals surface area contributed by atoms with Crippen molar-refractivity contribution in [1.29, 1.82) is 0 Å². The van der Waals surface area contributed by atoms with E-state index in [4.69, 9.17) is 0 Å². The van der Waals surface area contributed by atoms with Gasteiger partial charge >= 0.3 is 11.8 Å². The zero-order chi connectivity index (χ0) is 18.6. The molecule has 1 aliphatic rings. The first kappa shape index (κ1) is 19.9. The molecular weight excluding hydrogens is 412 g/mol. The molecule has 9 heteroatoms. The van der Waals surface area contributed by atoms with Crippen LogP contribution in [-0.4, -0.2) is 44.2 Å². The number of hydrogen-bond donors (Lipinski definition) is 3. The third kappa shape index (κ3) is 5.26. The third-order valence-electron chi connectivity index (χ3n) is 4.26. The number of hydrogen-bond acceptors (Lipinski definition) is 5. The van der Waals surface area contributed by atoms with Gasteiger partial charge in [0, 0.05) is 29.3 Å². The van der Waals surface area contributed by atoms with Crippen LogP contribution >= 0.6 is 15.9 Å². The molecule has 2 atom stereocenters. The van der Waals surface area contributed by atoms with Crippen molar-refractivity contribution < 1.29 is 23.1 Å². The Balaban J connectivity index is 2.11. The summed E-state index contributed by atoms with van der Waals surface area (Å²) in [6.07, 6.45) is 4.44. The van der Waals surface area contributed by atoms with E-state index in [-0.39, 0.29) is 29.1 Å². The predicted molar refractivity (Wildman–Crippen MR) is 96.9 cm³/mol. The Labute approximate surface area is 155 Å². The van der Waals surface area contributed by atoms with Gasteiger partial charge in [0.05, 0.1) is 10.6 Å². The molecule has 0 saturated heterocycles. The summed E-state index contributed by atoms with van der Waals surface area (Å²) in [5.41, 5.74) is 0.0411. The fourth-order valence-electron chi connectivity index (χ4n) is 2.95. The normalized spacial score (nSPS) is 20.8. The Morgan fingerprint density at radius 3 is 2.56 bits per heavy atom. The smallest absolute Gasteiger partial charge is 0.313 e. The SMILES string of the molecule is CS(=O)(=O)c1ccc(Br)cc1NC(=O)C(=O)N[C@@H]1CCCC[C@@H]1CO. The van der Waals surface area contributed by atoms with Crippen molar-refractivity contribution in [3.05, 3.63) is 22.7 Å². The number of sulfone groups is 1. The predicted octanol–water partition coefficient (Wildman–Crippen LogP) is 1.46. The molecule has 0 aromatic heterocycles. The maximum atomic E-state index is 12.2. The number of carbonyl (C=O) groups is 2. The first-order valence-electron chi connectivity index (χ1n) is 7.94. The molecule has 7 nitrogen and oxygen atoms in total. The van der Waals surface area contributed by atoms with Crippen LogP contribution in [0, 0.1) is 5.92 Å². The van der Waals surface area contributed by atoms with Gasteiger partial charge in [-0.25, -0.2) is 8.42 Å². The van der Waals surface area contributed by atoms with Crippen molar-refractivity contribution in [3.8, 4) is 0 Å². The molecule has 0 radical (unpaired) electrons. The van der Waals surface area contributed by atoms with Gasteiger partial charge in [0.25, 0.3) is 0 Å². The van der Waals surface area contributed by atoms with Gasteiger partial charge in [-0.15, -0.1) is 0 Å². The lowest BCUT2D eigenvalue weighted by molar-refractivity contribution is -0.137. The van der Waals surface area contributed by atoms with Gasteiger partial charge in [0.1, 0.15) is 0 Å². The first-order valence-corrected chi connectivity index (χ1v) is 10.6. The van der Waals surface area contributed by atoms with Crippen molar-refractivity contribution in [2.24, 2.45) is 5.92 Å². The van der Waals surface area contributed by atoms with Crippen molar-refractivity contribution in [2.45, 2.75) is 36.6 Å². The van der Waals surface area contributed by atoms with E-state index >= 15 is 0 Å². The number of benzene rings is 1. The average Bonchev–Trinajstić information content (AvgIpc) is 2.54. The highest BCUT2D eigenvalue weighted by Gasteiger charge is 2.28. The lowest BCUT2D eigenvalue weighted by Gasteiger charge is -2.30.